The summed E-state index contributed by atoms with van der Waals surface area (Å²) in [5.41, 5.74) is 12.1. The molecule has 0 saturated heterocycles. The van der Waals surface area contributed by atoms with Crippen molar-refractivity contribution in [1.82, 2.24) is 4.57 Å². The van der Waals surface area contributed by atoms with Crippen LogP contribution in [0.25, 0.3) is 48.4 Å². The second-order valence-corrected chi connectivity index (χ2v) is 12.1. The van der Waals surface area contributed by atoms with Crippen LogP contribution in [0.3, 0.4) is 0 Å². The highest BCUT2D eigenvalue weighted by Gasteiger charge is 2.18. The minimum Gasteiger partial charge on any atom is -0.310 e. The zero-order valence-electron chi connectivity index (χ0n) is 24.4. The summed E-state index contributed by atoms with van der Waals surface area (Å²) in [6, 6.07) is 58.7. The Morgan fingerprint density at radius 3 is 1.82 bits per heavy atom. The summed E-state index contributed by atoms with van der Waals surface area (Å²) in [4.78, 5) is 3.63. The zero-order valence-corrected chi connectivity index (χ0v) is 25.2. The highest BCUT2D eigenvalue weighted by Crippen LogP contribution is 2.43. The second kappa shape index (κ2) is 11.0. The van der Waals surface area contributed by atoms with Gasteiger partial charge in [0.25, 0.3) is 0 Å². The fourth-order valence-corrected chi connectivity index (χ4v) is 7.51. The maximum atomic E-state index is 2.39. The normalized spacial score (nSPS) is 11.3. The van der Waals surface area contributed by atoms with Crippen molar-refractivity contribution in [3.8, 4) is 27.3 Å². The van der Waals surface area contributed by atoms with Crippen LogP contribution in [0.15, 0.2) is 164 Å². The van der Waals surface area contributed by atoms with E-state index in [4.69, 9.17) is 0 Å². The number of nitrogens with zero attached hydrogens (tertiary/aromatic N) is 2. The first-order chi connectivity index (χ1) is 21.7. The molecule has 0 fully saturated rings. The van der Waals surface area contributed by atoms with Gasteiger partial charge in [0, 0.05) is 33.0 Å². The van der Waals surface area contributed by atoms with Gasteiger partial charge in [0.05, 0.1) is 15.7 Å². The summed E-state index contributed by atoms with van der Waals surface area (Å²) in [6.07, 6.45) is 0. The number of thiophene rings is 1. The average Bonchev–Trinajstić information content (AvgIpc) is 3.64. The number of aromatic nitrogens is 1. The second-order valence-electron chi connectivity index (χ2n) is 11.1. The van der Waals surface area contributed by atoms with E-state index >= 15 is 0 Å². The van der Waals surface area contributed by atoms with Crippen LogP contribution >= 0.6 is 11.3 Å². The Labute approximate surface area is 261 Å². The first-order valence-corrected chi connectivity index (χ1v) is 15.8. The molecule has 0 amide bonds. The smallest absolute Gasteiger partial charge is 0.0655 e. The zero-order chi connectivity index (χ0) is 29.5. The van der Waals surface area contributed by atoms with Gasteiger partial charge in [-0.25, -0.2) is 0 Å². The van der Waals surface area contributed by atoms with Gasteiger partial charge >= 0.3 is 0 Å². The molecule has 0 bridgehead atoms. The van der Waals surface area contributed by atoms with Crippen molar-refractivity contribution in [2.75, 3.05) is 4.90 Å². The highest BCUT2D eigenvalue weighted by atomic mass is 32.1. The molecule has 2 aromatic heterocycles. The molecule has 0 radical (unpaired) electrons. The molecule has 0 N–H and O–H groups in total. The van der Waals surface area contributed by atoms with E-state index in [2.05, 4.69) is 180 Å². The molecule has 44 heavy (non-hydrogen) atoms. The standard InChI is InChI=1S/C41H30N2S/c1-29-27-35(42(32-15-7-3-8-16-32)34-23-21-31(22-24-34)30-13-5-2-6-14-30)25-26-36(29)40-28-39-41(44-40)37-19-11-12-20-38(37)43(39)33-17-9-4-10-18-33/h2-28H,1H3. The van der Waals surface area contributed by atoms with E-state index < -0.39 is 0 Å². The number of anilines is 3. The molecule has 8 aromatic rings. The summed E-state index contributed by atoms with van der Waals surface area (Å²) in [5.74, 6) is 0. The summed E-state index contributed by atoms with van der Waals surface area (Å²) >= 11 is 1.88. The van der Waals surface area contributed by atoms with Gasteiger partial charge in [-0.2, -0.15) is 0 Å². The van der Waals surface area contributed by atoms with Crippen molar-refractivity contribution in [2.24, 2.45) is 0 Å². The molecule has 0 atom stereocenters. The fourth-order valence-electron chi connectivity index (χ4n) is 6.24. The highest BCUT2D eigenvalue weighted by molar-refractivity contribution is 7.23. The minimum atomic E-state index is 1.13. The summed E-state index contributed by atoms with van der Waals surface area (Å²) < 4.78 is 3.72. The Hall–Kier alpha value is -5.38. The number of benzene rings is 6. The van der Waals surface area contributed by atoms with Crippen LogP contribution in [0.2, 0.25) is 0 Å². The molecule has 0 aliphatic carbocycles. The van der Waals surface area contributed by atoms with E-state index in [0.29, 0.717) is 0 Å². The number of aryl methyl sites for hydroxylation is 1. The molecule has 0 spiro atoms. The lowest BCUT2D eigenvalue weighted by atomic mass is 10.0. The molecule has 210 valence electrons. The predicted molar refractivity (Wildman–Crippen MR) is 189 cm³/mol. The van der Waals surface area contributed by atoms with Crippen LogP contribution in [0, 0.1) is 6.92 Å². The lowest BCUT2D eigenvalue weighted by molar-refractivity contribution is 1.18. The van der Waals surface area contributed by atoms with Gasteiger partial charge in [-0.15, -0.1) is 11.3 Å². The lowest BCUT2D eigenvalue weighted by Gasteiger charge is -2.26. The maximum absolute atomic E-state index is 2.39. The van der Waals surface area contributed by atoms with Crippen LogP contribution in [0.1, 0.15) is 5.56 Å². The quantitative estimate of drug-likeness (QED) is 0.189. The van der Waals surface area contributed by atoms with Gasteiger partial charge < -0.3 is 9.47 Å². The predicted octanol–water partition coefficient (Wildman–Crippen LogP) is 12.0. The Morgan fingerprint density at radius 1 is 0.500 bits per heavy atom. The lowest BCUT2D eigenvalue weighted by Crippen LogP contribution is -2.10. The van der Waals surface area contributed by atoms with E-state index in [0.717, 1.165) is 17.1 Å². The molecule has 0 saturated carbocycles. The molecule has 2 heterocycles. The Kier molecular flexibility index (Phi) is 6.59. The fraction of sp³-hybridized carbons (Fsp3) is 0.0244. The van der Waals surface area contributed by atoms with Gasteiger partial charge in [0.15, 0.2) is 0 Å². The SMILES string of the molecule is Cc1cc(N(c2ccccc2)c2ccc(-c3ccccc3)cc2)ccc1-c1cc2c(s1)c1ccccc1n2-c1ccccc1. The monoisotopic (exact) mass is 582 g/mol. The number of hydrogen-bond donors (Lipinski definition) is 0. The molecule has 8 rings (SSSR count). The van der Waals surface area contributed by atoms with Gasteiger partial charge in [0.2, 0.25) is 0 Å². The van der Waals surface area contributed by atoms with E-state index in [-0.39, 0.29) is 0 Å². The van der Waals surface area contributed by atoms with E-state index in [9.17, 15) is 0 Å². The molecule has 0 aliphatic heterocycles. The van der Waals surface area contributed by atoms with Gasteiger partial charge in [-0.1, -0.05) is 103 Å². The maximum Gasteiger partial charge on any atom is 0.0655 e. The van der Waals surface area contributed by atoms with Crippen LogP contribution in [0.4, 0.5) is 17.1 Å². The average molecular weight is 583 g/mol. The first-order valence-electron chi connectivity index (χ1n) is 14.9. The number of para-hydroxylation sites is 3. The summed E-state index contributed by atoms with van der Waals surface area (Å²) in [7, 11) is 0. The van der Waals surface area contributed by atoms with E-state index in [1.807, 2.05) is 11.3 Å². The van der Waals surface area contributed by atoms with Crippen LogP contribution in [-0.4, -0.2) is 4.57 Å². The third-order valence-electron chi connectivity index (χ3n) is 8.34. The number of fused-ring (bicyclic) bond motifs is 3. The van der Waals surface area contributed by atoms with Gasteiger partial charge in [-0.3, -0.25) is 0 Å². The topological polar surface area (TPSA) is 8.17 Å². The Bertz CT molecular complexity index is 2210. The largest absolute Gasteiger partial charge is 0.310 e. The van der Waals surface area contributed by atoms with Crippen molar-refractivity contribution in [3.63, 3.8) is 0 Å². The van der Waals surface area contributed by atoms with Crippen molar-refractivity contribution in [2.45, 2.75) is 6.92 Å². The molecule has 3 heteroatoms. The Balaban J connectivity index is 1.21. The van der Waals surface area contributed by atoms with Gasteiger partial charge in [0.1, 0.15) is 0 Å². The van der Waals surface area contributed by atoms with Crippen molar-refractivity contribution >= 4 is 49.5 Å². The first kappa shape index (κ1) is 26.3. The number of rotatable bonds is 6. The molecular weight excluding hydrogens is 553 g/mol. The van der Waals surface area contributed by atoms with Crippen LogP contribution < -0.4 is 4.90 Å². The summed E-state index contributed by atoms with van der Waals surface area (Å²) in [6.45, 7) is 2.23. The van der Waals surface area contributed by atoms with E-state index in [1.165, 1.54) is 53.9 Å². The molecule has 6 aromatic carbocycles. The summed E-state index contributed by atoms with van der Waals surface area (Å²) in [5, 5.41) is 1.30. The third-order valence-corrected chi connectivity index (χ3v) is 9.53. The third kappa shape index (κ3) is 4.59. The molecule has 0 unspecified atom stereocenters. The number of hydrogen-bond acceptors (Lipinski definition) is 2. The van der Waals surface area contributed by atoms with Crippen molar-refractivity contribution in [3.05, 3.63) is 169 Å². The molecule has 2 nitrogen and oxygen atoms in total. The Morgan fingerprint density at radius 2 is 1.09 bits per heavy atom. The molecule has 0 aliphatic rings. The van der Waals surface area contributed by atoms with Gasteiger partial charge in [-0.05, 0) is 89.8 Å². The van der Waals surface area contributed by atoms with Crippen LogP contribution in [0.5, 0.6) is 0 Å². The minimum absolute atomic E-state index is 1.13. The van der Waals surface area contributed by atoms with E-state index in [1.54, 1.807) is 0 Å². The van der Waals surface area contributed by atoms with Crippen molar-refractivity contribution < 1.29 is 0 Å². The van der Waals surface area contributed by atoms with Crippen LogP contribution in [-0.2, 0) is 0 Å². The molecular formula is C41H30N2S. The van der Waals surface area contributed by atoms with Crippen molar-refractivity contribution in [1.29, 1.82) is 0 Å².